The second-order valence-electron chi connectivity index (χ2n) is 6.99. The molecule has 0 N–H and O–H groups in total. The van der Waals surface area contributed by atoms with Crippen LogP contribution in [0.2, 0.25) is 5.02 Å². The number of hydrogen-bond acceptors (Lipinski definition) is 5. The second kappa shape index (κ2) is 8.17. The van der Waals surface area contributed by atoms with Crippen LogP contribution in [0.5, 0.6) is 0 Å². The number of aromatic nitrogens is 1. The molecule has 2 aromatic carbocycles. The van der Waals surface area contributed by atoms with E-state index in [0.717, 1.165) is 54.6 Å². The molecule has 1 saturated heterocycles. The first-order valence-electron chi connectivity index (χ1n) is 9.37. The Kier molecular flexibility index (Phi) is 5.46. The first-order valence-corrected chi connectivity index (χ1v) is 9.75. The molecular formula is C22H22ClN3O2. The molecule has 1 aliphatic rings. The Balaban J connectivity index is 1.33. The number of halogens is 1. The van der Waals surface area contributed by atoms with E-state index in [0.29, 0.717) is 11.6 Å². The van der Waals surface area contributed by atoms with Gasteiger partial charge in [-0.15, -0.1) is 0 Å². The Morgan fingerprint density at radius 1 is 1.04 bits per heavy atom. The molecule has 6 heteroatoms. The molecule has 144 valence electrons. The van der Waals surface area contributed by atoms with Crippen molar-refractivity contribution < 1.29 is 9.21 Å². The van der Waals surface area contributed by atoms with E-state index in [4.69, 9.17) is 16.0 Å². The highest BCUT2D eigenvalue weighted by Crippen LogP contribution is 2.23. The summed E-state index contributed by atoms with van der Waals surface area (Å²) in [6.45, 7) is 6.04. The summed E-state index contributed by atoms with van der Waals surface area (Å²) in [5.74, 6) is 1.58. The van der Waals surface area contributed by atoms with E-state index in [9.17, 15) is 4.79 Å². The zero-order chi connectivity index (χ0) is 19.5. The van der Waals surface area contributed by atoms with Crippen molar-refractivity contribution in [3.8, 4) is 11.3 Å². The van der Waals surface area contributed by atoms with Crippen molar-refractivity contribution >= 4 is 23.1 Å². The van der Waals surface area contributed by atoms with Crippen LogP contribution in [-0.2, 0) is 6.54 Å². The zero-order valence-electron chi connectivity index (χ0n) is 15.8. The number of benzene rings is 2. The molecule has 0 atom stereocenters. The number of Topliss-reactive ketones (excluding diaryl/α,β-unsaturated/α-hetero) is 1. The van der Waals surface area contributed by atoms with Crippen LogP contribution >= 0.6 is 11.6 Å². The highest BCUT2D eigenvalue weighted by Gasteiger charge is 2.19. The molecule has 0 aliphatic carbocycles. The molecule has 1 aromatic heterocycles. The van der Waals surface area contributed by atoms with Crippen molar-refractivity contribution in [3.63, 3.8) is 0 Å². The summed E-state index contributed by atoms with van der Waals surface area (Å²) >= 11 is 5.94. The average molecular weight is 396 g/mol. The highest BCUT2D eigenvalue weighted by molar-refractivity contribution is 6.30. The number of ketones is 1. The van der Waals surface area contributed by atoms with Crippen LogP contribution in [0.25, 0.3) is 11.3 Å². The van der Waals surface area contributed by atoms with Gasteiger partial charge in [0.25, 0.3) is 0 Å². The standard InChI is InChI=1S/C22H22ClN3O2/c1-16(27)17-4-8-20(9-5-17)26-12-10-25(11-13-26)15-22-24-14-21(28-22)18-2-6-19(23)7-3-18/h2-9,14H,10-13,15H2,1H3. The van der Waals surface area contributed by atoms with Crippen molar-refractivity contribution in [3.05, 3.63) is 71.2 Å². The number of carbonyl (C=O) groups is 1. The first kappa shape index (κ1) is 18.7. The van der Waals surface area contributed by atoms with Gasteiger partial charge in [0, 0.05) is 48.0 Å². The summed E-state index contributed by atoms with van der Waals surface area (Å²) in [5, 5.41) is 0.706. The fourth-order valence-electron chi connectivity index (χ4n) is 3.39. The predicted molar refractivity (Wildman–Crippen MR) is 111 cm³/mol. The van der Waals surface area contributed by atoms with Gasteiger partial charge in [-0.2, -0.15) is 0 Å². The number of piperazine rings is 1. The van der Waals surface area contributed by atoms with Crippen molar-refractivity contribution in [2.75, 3.05) is 31.1 Å². The maximum absolute atomic E-state index is 11.4. The monoisotopic (exact) mass is 395 g/mol. The lowest BCUT2D eigenvalue weighted by molar-refractivity contribution is 0.101. The number of hydrogen-bond donors (Lipinski definition) is 0. The summed E-state index contributed by atoms with van der Waals surface area (Å²) < 4.78 is 5.92. The summed E-state index contributed by atoms with van der Waals surface area (Å²) in [6.07, 6.45) is 1.77. The van der Waals surface area contributed by atoms with Crippen LogP contribution in [0.4, 0.5) is 5.69 Å². The molecule has 2 heterocycles. The van der Waals surface area contributed by atoms with E-state index >= 15 is 0 Å². The SMILES string of the molecule is CC(=O)c1ccc(N2CCN(Cc3ncc(-c4ccc(Cl)cc4)o3)CC2)cc1. The lowest BCUT2D eigenvalue weighted by atomic mass is 10.1. The molecule has 0 bridgehead atoms. The van der Waals surface area contributed by atoms with E-state index in [1.165, 1.54) is 0 Å². The van der Waals surface area contributed by atoms with Crippen molar-refractivity contribution in [1.82, 2.24) is 9.88 Å². The van der Waals surface area contributed by atoms with Crippen LogP contribution in [0.1, 0.15) is 23.2 Å². The fraction of sp³-hybridized carbons (Fsp3) is 0.273. The van der Waals surface area contributed by atoms with Crippen LogP contribution in [0.3, 0.4) is 0 Å². The normalized spacial score (nSPS) is 15.0. The van der Waals surface area contributed by atoms with E-state index in [-0.39, 0.29) is 5.78 Å². The Bertz CT molecular complexity index is 943. The maximum Gasteiger partial charge on any atom is 0.209 e. The summed E-state index contributed by atoms with van der Waals surface area (Å²) in [7, 11) is 0. The summed E-state index contributed by atoms with van der Waals surface area (Å²) in [5.41, 5.74) is 2.88. The number of oxazole rings is 1. The van der Waals surface area contributed by atoms with Crippen molar-refractivity contribution in [1.29, 1.82) is 0 Å². The number of carbonyl (C=O) groups excluding carboxylic acids is 1. The quantitative estimate of drug-likeness (QED) is 0.594. The third-order valence-corrected chi connectivity index (χ3v) is 5.30. The molecule has 0 radical (unpaired) electrons. The lowest BCUT2D eigenvalue weighted by Crippen LogP contribution is -2.46. The van der Waals surface area contributed by atoms with Gasteiger partial charge in [-0.1, -0.05) is 11.6 Å². The van der Waals surface area contributed by atoms with Gasteiger partial charge in [0.1, 0.15) is 0 Å². The van der Waals surface area contributed by atoms with Gasteiger partial charge >= 0.3 is 0 Å². The van der Waals surface area contributed by atoms with Gasteiger partial charge in [0.05, 0.1) is 12.7 Å². The molecule has 4 rings (SSSR count). The number of nitrogens with zero attached hydrogens (tertiary/aromatic N) is 3. The van der Waals surface area contributed by atoms with E-state index in [2.05, 4.69) is 14.8 Å². The number of anilines is 1. The third kappa shape index (κ3) is 4.26. The van der Waals surface area contributed by atoms with Crippen molar-refractivity contribution in [2.45, 2.75) is 13.5 Å². The van der Waals surface area contributed by atoms with E-state index in [1.807, 2.05) is 48.5 Å². The molecule has 0 saturated carbocycles. The van der Waals surface area contributed by atoms with E-state index in [1.54, 1.807) is 13.1 Å². The average Bonchev–Trinajstić information content (AvgIpc) is 3.18. The molecular weight excluding hydrogens is 374 g/mol. The summed E-state index contributed by atoms with van der Waals surface area (Å²) in [6, 6.07) is 15.4. The largest absolute Gasteiger partial charge is 0.439 e. The number of rotatable bonds is 5. The Hall–Kier alpha value is -2.63. The molecule has 3 aromatic rings. The zero-order valence-corrected chi connectivity index (χ0v) is 16.5. The lowest BCUT2D eigenvalue weighted by Gasteiger charge is -2.35. The fourth-order valence-corrected chi connectivity index (χ4v) is 3.52. The van der Waals surface area contributed by atoms with Gasteiger partial charge in [-0.3, -0.25) is 9.69 Å². The smallest absolute Gasteiger partial charge is 0.209 e. The first-order chi connectivity index (χ1) is 13.6. The van der Waals surface area contributed by atoms with Crippen molar-refractivity contribution in [2.24, 2.45) is 0 Å². The van der Waals surface area contributed by atoms with Gasteiger partial charge < -0.3 is 9.32 Å². The Morgan fingerprint density at radius 3 is 2.36 bits per heavy atom. The minimum Gasteiger partial charge on any atom is -0.439 e. The van der Waals surface area contributed by atoms with Crippen LogP contribution in [0, 0.1) is 0 Å². The molecule has 5 nitrogen and oxygen atoms in total. The van der Waals surface area contributed by atoms with Gasteiger partial charge in [0.2, 0.25) is 5.89 Å². The Labute approximate surface area is 169 Å². The molecule has 1 aliphatic heterocycles. The topological polar surface area (TPSA) is 49.6 Å². The minimum absolute atomic E-state index is 0.0975. The molecule has 28 heavy (non-hydrogen) atoms. The molecule has 0 amide bonds. The Morgan fingerprint density at radius 2 is 1.71 bits per heavy atom. The maximum atomic E-state index is 11.4. The summed E-state index contributed by atoms with van der Waals surface area (Å²) in [4.78, 5) is 20.5. The molecule has 0 spiro atoms. The van der Waals surface area contributed by atoms with E-state index < -0.39 is 0 Å². The second-order valence-corrected chi connectivity index (χ2v) is 7.43. The van der Waals surface area contributed by atoms with Crippen LogP contribution in [0.15, 0.2) is 59.1 Å². The van der Waals surface area contributed by atoms with Gasteiger partial charge in [-0.05, 0) is 55.5 Å². The molecule has 0 unspecified atom stereocenters. The minimum atomic E-state index is 0.0975. The van der Waals surface area contributed by atoms with Gasteiger partial charge in [0.15, 0.2) is 11.5 Å². The molecule has 1 fully saturated rings. The predicted octanol–water partition coefficient (Wildman–Crippen LogP) is 4.52. The van der Waals surface area contributed by atoms with Crippen LogP contribution < -0.4 is 4.90 Å². The van der Waals surface area contributed by atoms with Crippen LogP contribution in [-0.4, -0.2) is 41.8 Å². The third-order valence-electron chi connectivity index (χ3n) is 5.05. The van der Waals surface area contributed by atoms with Gasteiger partial charge in [-0.25, -0.2) is 4.98 Å². The highest BCUT2D eigenvalue weighted by atomic mass is 35.5.